The van der Waals surface area contributed by atoms with Crippen molar-refractivity contribution in [2.45, 2.75) is 44.6 Å². The van der Waals surface area contributed by atoms with Gasteiger partial charge in [0.1, 0.15) is 11.9 Å². The number of aryl methyl sites for hydroxylation is 1. The normalized spacial score (nSPS) is 17.3. The zero-order valence-corrected chi connectivity index (χ0v) is 18.5. The number of halogens is 2. The van der Waals surface area contributed by atoms with Crippen LogP contribution in [0.5, 0.6) is 0 Å². The highest BCUT2D eigenvalue weighted by molar-refractivity contribution is 6.44. The van der Waals surface area contributed by atoms with Crippen molar-refractivity contribution in [3.8, 4) is 0 Å². The number of H-pyrrole nitrogens is 1. The molecule has 1 fully saturated rings. The van der Waals surface area contributed by atoms with Crippen molar-refractivity contribution in [1.82, 2.24) is 15.2 Å². The number of hydrogen-bond donors (Lipinski definition) is 5. The third-order valence-corrected chi connectivity index (χ3v) is 6.43. The van der Waals surface area contributed by atoms with E-state index in [1.807, 2.05) is 0 Å². The number of amides is 1. The van der Waals surface area contributed by atoms with Crippen LogP contribution in [0, 0.1) is 6.92 Å². The number of likely N-dealkylation sites (tertiary alicyclic amines) is 1. The summed E-state index contributed by atoms with van der Waals surface area (Å²) < 4.78 is 0. The molecule has 5 N–H and O–H groups in total. The van der Waals surface area contributed by atoms with Gasteiger partial charge in [0.15, 0.2) is 0 Å². The molecule has 2 aromatic rings. The van der Waals surface area contributed by atoms with Crippen molar-refractivity contribution < 1.29 is 24.9 Å². The van der Waals surface area contributed by atoms with Crippen LogP contribution in [0.15, 0.2) is 24.3 Å². The lowest BCUT2D eigenvalue weighted by molar-refractivity contribution is -0.0906. The number of aromatic nitrogens is 1. The average molecular weight is 470 g/mol. The lowest BCUT2D eigenvalue weighted by Gasteiger charge is -2.37. The van der Waals surface area contributed by atoms with Gasteiger partial charge in [0.05, 0.1) is 21.7 Å². The molecule has 1 amide bonds. The Hall–Kier alpha value is -2.10. The fraction of sp³-hybridized carbons (Fsp3) is 0.429. The predicted molar refractivity (Wildman–Crippen MR) is 117 cm³/mol. The molecule has 2 heterocycles. The van der Waals surface area contributed by atoms with Gasteiger partial charge in [-0.05, 0) is 37.5 Å². The van der Waals surface area contributed by atoms with Gasteiger partial charge in [-0.2, -0.15) is 0 Å². The number of aliphatic hydroxyl groups is 2. The highest BCUT2D eigenvalue weighted by atomic mass is 35.5. The summed E-state index contributed by atoms with van der Waals surface area (Å²) in [4.78, 5) is 28.2. The Morgan fingerprint density at radius 3 is 2.48 bits per heavy atom. The fourth-order valence-corrected chi connectivity index (χ4v) is 4.13. The standard InChI is InChI=1S/C21H25Cl2N3O5/c1-11-16(22)17(23)18(24-11)19(28)25-14-5-7-26(8-6-14)20(29)15(27)10-12-3-2-4-13(9-12)21(30)31/h2-4,9,14-15,20,24,27,29H,5-8,10H2,1H3,(H,25,28)(H,30,31). The van der Waals surface area contributed by atoms with Crippen LogP contribution in [-0.2, 0) is 6.42 Å². The second kappa shape index (κ2) is 10.0. The minimum Gasteiger partial charge on any atom is -0.478 e. The maximum atomic E-state index is 12.5. The summed E-state index contributed by atoms with van der Waals surface area (Å²) in [6.07, 6.45) is -0.850. The second-order valence-corrected chi connectivity index (χ2v) is 8.48. The summed E-state index contributed by atoms with van der Waals surface area (Å²) in [6.45, 7) is 2.70. The van der Waals surface area contributed by atoms with Gasteiger partial charge in [-0.1, -0.05) is 35.3 Å². The number of rotatable bonds is 7. The third-order valence-electron chi connectivity index (χ3n) is 5.48. The molecule has 31 heavy (non-hydrogen) atoms. The van der Waals surface area contributed by atoms with E-state index in [4.69, 9.17) is 28.3 Å². The van der Waals surface area contributed by atoms with Gasteiger partial charge >= 0.3 is 5.97 Å². The molecule has 0 radical (unpaired) electrons. The van der Waals surface area contributed by atoms with Crippen LogP contribution in [0.3, 0.4) is 0 Å². The van der Waals surface area contributed by atoms with E-state index in [1.165, 1.54) is 12.1 Å². The van der Waals surface area contributed by atoms with Crippen molar-refractivity contribution in [2.75, 3.05) is 13.1 Å². The highest BCUT2D eigenvalue weighted by Crippen LogP contribution is 2.29. The Morgan fingerprint density at radius 2 is 1.90 bits per heavy atom. The van der Waals surface area contributed by atoms with Crippen LogP contribution in [0.4, 0.5) is 0 Å². The Kier molecular flexibility index (Phi) is 7.61. The van der Waals surface area contributed by atoms with Gasteiger partial charge in [0.25, 0.3) is 5.91 Å². The first-order valence-electron chi connectivity index (χ1n) is 9.94. The first kappa shape index (κ1) is 23.6. The van der Waals surface area contributed by atoms with Crippen LogP contribution in [-0.4, -0.2) is 68.5 Å². The molecule has 1 aromatic heterocycles. The van der Waals surface area contributed by atoms with E-state index in [0.717, 1.165) is 0 Å². The summed E-state index contributed by atoms with van der Waals surface area (Å²) in [5.74, 6) is -1.38. The maximum Gasteiger partial charge on any atom is 0.335 e. The minimum absolute atomic E-state index is 0.0983. The summed E-state index contributed by atoms with van der Waals surface area (Å²) in [7, 11) is 0. The average Bonchev–Trinajstić information content (AvgIpc) is 3.01. The molecule has 3 rings (SSSR count). The summed E-state index contributed by atoms with van der Waals surface area (Å²) in [5, 5.41) is 33.5. The number of nitrogens with zero attached hydrogens (tertiary/aromatic N) is 1. The van der Waals surface area contributed by atoms with Crippen LogP contribution in [0.2, 0.25) is 10.0 Å². The molecule has 8 nitrogen and oxygen atoms in total. The van der Waals surface area contributed by atoms with E-state index < -0.39 is 18.3 Å². The molecule has 1 aliphatic rings. The number of benzene rings is 1. The monoisotopic (exact) mass is 469 g/mol. The molecule has 2 atom stereocenters. The Balaban J connectivity index is 1.51. The third kappa shape index (κ3) is 5.58. The van der Waals surface area contributed by atoms with Crippen molar-refractivity contribution in [1.29, 1.82) is 0 Å². The smallest absolute Gasteiger partial charge is 0.335 e. The molecule has 1 aliphatic heterocycles. The van der Waals surface area contributed by atoms with Gasteiger partial charge in [0, 0.05) is 31.2 Å². The Bertz CT molecular complexity index is 956. The fourth-order valence-electron chi connectivity index (χ4n) is 3.72. The number of nitrogens with one attached hydrogen (secondary N) is 2. The molecule has 1 saturated heterocycles. The molecule has 0 spiro atoms. The van der Waals surface area contributed by atoms with Gasteiger partial charge in [-0.15, -0.1) is 0 Å². The highest BCUT2D eigenvalue weighted by Gasteiger charge is 2.30. The number of aliphatic hydroxyl groups excluding tert-OH is 2. The van der Waals surface area contributed by atoms with Gasteiger partial charge in [-0.3, -0.25) is 9.69 Å². The summed E-state index contributed by atoms with van der Waals surface area (Å²) in [5.41, 5.74) is 1.61. The number of aromatic carboxylic acids is 1. The maximum absolute atomic E-state index is 12.5. The van der Waals surface area contributed by atoms with E-state index in [2.05, 4.69) is 10.3 Å². The molecule has 0 saturated carbocycles. The van der Waals surface area contributed by atoms with E-state index >= 15 is 0 Å². The van der Waals surface area contributed by atoms with E-state index in [0.29, 0.717) is 42.2 Å². The Labute approximate surface area is 189 Å². The zero-order valence-electron chi connectivity index (χ0n) is 16.9. The van der Waals surface area contributed by atoms with Crippen molar-refractivity contribution in [3.63, 3.8) is 0 Å². The molecular weight excluding hydrogens is 445 g/mol. The second-order valence-electron chi connectivity index (χ2n) is 7.73. The van der Waals surface area contributed by atoms with Crippen LogP contribution < -0.4 is 5.32 Å². The van der Waals surface area contributed by atoms with Gasteiger partial charge in [0.2, 0.25) is 0 Å². The largest absolute Gasteiger partial charge is 0.478 e. The number of piperidine rings is 1. The van der Waals surface area contributed by atoms with E-state index in [-0.39, 0.29) is 34.6 Å². The first-order valence-corrected chi connectivity index (χ1v) is 10.7. The zero-order chi connectivity index (χ0) is 22.7. The van der Waals surface area contributed by atoms with Crippen LogP contribution in [0.25, 0.3) is 0 Å². The topological polar surface area (TPSA) is 126 Å². The summed E-state index contributed by atoms with van der Waals surface area (Å²) >= 11 is 12.1. The van der Waals surface area contributed by atoms with E-state index in [1.54, 1.807) is 24.0 Å². The number of carboxylic acids is 1. The molecule has 0 bridgehead atoms. The number of carbonyl (C=O) groups excluding carboxylic acids is 1. The number of carbonyl (C=O) groups is 2. The predicted octanol–water partition coefficient (Wildman–Crippen LogP) is 2.44. The van der Waals surface area contributed by atoms with Crippen molar-refractivity contribution >= 4 is 35.1 Å². The molecular formula is C21H25Cl2N3O5. The van der Waals surface area contributed by atoms with Crippen molar-refractivity contribution in [2.24, 2.45) is 0 Å². The molecule has 1 aromatic carbocycles. The molecule has 10 heteroatoms. The van der Waals surface area contributed by atoms with Crippen molar-refractivity contribution in [3.05, 3.63) is 56.8 Å². The number of hydrogen-bond acceptors (Lipinski definition) is 5. The number of aromatic amines is 1. The molecule has 0 aliphatic carbocycles. The Morgan fingerprint density at radius 1 is 1.23 bits per heavy atom. The SMILES string of the molecule is Cc1[nH]c(C(=O)NC2CCN(C(O)C(O)Cc3cccc(C(=O)O)c3)CC2)c(Cl)c1Cl. The van der Waals surface area contributed by atoms with Gasteiger partial charge in [-0.25, -0.2) is 4.79 Å². The molecule has 2 unspecified atom stereocenters. The summed E-state index contributed by atoms with van der Waals surface area (Å²) in [6, 6.07) is 6.18. The van der Waals surface area contributed by atoms with Crippen LogP contribution >= 0.6 is 23.2 Å². The lowest BCUT2D eigenvalue weighted by Crippen LogP contribution is -2.51. The van der Waals surface area contributed by atoms with Crippen LogP contribution in [0.1, 0.15) is 44.9 Å². The molecule has 168 valence electrons. The lowest BCUT2D eigenvalue weighted by atomic mass is 10.0. The minimum atomic E-state index is -1.09. The number of carboxylic acid groups (broad SMARTS) is 1. The first-order chi connectivity index (χ1) is 14.7. The van der Waals surface area contributed by atoms with E-state index in [9.17, 15) is 19.8 Å². The van der Waals surface area contributed by atoms with Gasteiger partial charge < -0.3 is 25.6 Å². The quantitative estimate of drug-likeness (QED) is 0.423.